The molecule has 124 valence electrons. The van der Waals surface area contributed by atoms with Crippen LogP contribution >= 0.6 is 0 Å². The van der Waals surface area contributed by atoms with Crippen LogP contribution in [0.3, 0.4) is 0 Å². The summed E-state index contributed by atoms with van der Waals surface area (Å²) >= 11 is 0. The van der Waals surface area contributed by atoms with Crippen LogP contribution in [-0.4, -0.2) is 5.71 Å². The first-order chi connectivity index (χ1) is 12.4. The fraction of sp³-hybridized carbons (Fsp3) is 0.174. The van der Waals surface area contributed by atoms with Crippen LogP contribution < -0.4 is 5.01 Å². The van der Waals surface area contributed by atoms with Gasteiger partial charge in [-0.15, -0.1) is 0 Å². The summed E-state index contributed by atoms with van der Waals surface area (Å²) in [5.74, 6) is 0. The number of fused-ring (bicyclic) bond motifs is 1. The van der Waals surface area contributed by atoms with Crippen molar-refractivity contribution in [2.24, 2.45) is 5.10 Å². The van der Waals surface area contributed by atoms with Gasteiger partial charge >= 0.3 is 0 Å². The summed E-state index contributed by atoms with van der Waals surface area (Å²) in [4.78, 5) is 0. The molecule has 0 saturated carbocycles. The second-order valence-corrected chi connectivity index (χ2v) is 6.44. The molecule has 2 nitrogen and oxygen atoms in total. The maximum atomic E-state index is 5.09. The number of hydrogen-bond donors (Lipinski definition) is 0. The predicted octanol–water partition coefficient (Wildman–Crippen LogP) is 5.43. The first-order valence-corrected chi connectivity index (χ1v) is 8.92. The van der Waals surface area contributed by atoms with Crippen molar-refractivity contribution in [1.82, 2.24) is 0 Å². The Balaban J connectivity index is 1.72. The zero-order valence-electron chi connectivity index (χ0n) is 14.3. The molecule has 0 radical (unpaired) electrons. The molecule has 4 rings (SSSR count). The Morgan fingerprint density at radius 2 is 1.40 bits per heavy atom. The Labute approximate surface area is 149 Å². The average Bonchev–Trinajstić information content (AvgIpc) is 2.69. The highest BCUT2D eigenvalue weighted by atomic mass is 15.5. The molecular formula is C23H22N2. The summed E-state index contributed by atoms with van der Waals surface area (Å²) in [6, 6.07) is 29.7. The maximum Gasteiger partial charge on any atom is 0.0684 e. The minimum atomic E-state index is 0.774. The number of nitrogens with zero attached hydrogens (tertiary/aromatic N) is 2. The highest BCUT2D eigenvalue weighted by Gasteiger charge is 2.16. The van der Waals surface area contributed by atoms with Crippen LogP contribution in [0.15, 0.2) is 90.0 Å². The van der Waals surface area contributed by atoms with Gasteiger partial charge in [0, 0.05) is 5.56 Å². The summed E-state index contributed by atoms with van der Waals surface area (Å²) < 4.78 is 0. The van der Waals surface area contributed by atoms with Gasteiger partial charge in [-0.05, 0) is 42.5 Å². The Morgan fingerprint density at radius 3 is 2.20 bits per heavy atom. The van der Waals surface area contributed by atoms with E-state index in [-0.39, 0.29) is 0 Å². The highest BCUT2D eigenvalue weighted by molar-refractivity contribution is 6.03. The monoisotopic (exact) mass is 326 g/mol. The van der Waals surface area contributed by atoms with Crippen LogP contribution in [0.5, 0.6) is 0 Å². The standard InChI is InChI=1S/C23H22N2/c1-3-10-19(11-4-1)18-25(21-14-5-2-6-15-21)24-23-17-9-13-20-12-7-8-16-22(20)23/h1-8,10-12,14-16H,9,13,17-18H2. The number of benzene rings is 3. The van der Waals surface area contributed by atoms with Gasteiger partial charge in [-0.3, -0.25) is 5.01 Å². The van der Waals surface area contributed by atoms with Gasteiger partial charge in [-0.2, -0.15) is 5.10 Å². The van der Waals surface area contributed by atoms with Gasteiger partial charge in [0.05, 0.1) is 17.9 Å². The molecule has 0 spiro atoms. The molecule has 0 unspecified atom stereocenters. The van der Waals surface area contributed by atoms with Crippen molar-refractivity contribution < 1.29 is 0 Å². The zero-order chi connectivity index (χ0) is 16.9. The third-order valence-corrected chi connectivity index (χ3v) is 4.66. The van der Waals surface area contributed by atoms with Crippen LogP contribution in [0.2, 0.25) is 0 Å². The minimum Gasteiger partial charge on any atom is -0.261 e. The van der Waals surface area contributed by atoms with Gasteiger partial charge in [0.15, 0.2) is 0 Å². The number of aryl methyl sites for hydroxylation is 1. The molecule has 0 amide bonds. The van der Waals surface area contributed by atoms with E-state index in [4.69, 9.17) is 5.10 Å². The third-order valence-electron chi connectivity index (χ3n) is 4.66. The molecule has 2 heteroatoms. The lowest BCUT2D eigenvalue weighted by Gasteiger charge is -2.24. The molecule has 0 heterocycles. The fourth-order valence-corrected chi connectivity index (χ4v) is 3.39. The van der Waals surface area contributed by atoms with Gasteiger partial charge in [0.1, 0.15) is 0 Å². The molecule has 0 fully saturated rings. The number of para-hydroxylation sites is 1. The Kier molecular flexibility index (Phi) is 4.60. The summed E-state index contributed by atoms with van der Waals surface area (Å²) in [7, 11) is 0. The lowest BCUT2D eigenvalue weighted by Crippen LogP contribution is -2.21. The van der Waals surface area contributed by atoms with E-state index in [1.165, 1.54) is 28.8 Å². The van der Waals surface area contributed by atoms with Gasteiger partial charge in [0.2, 0.25) is 0 Å². The Morgan fingerprint density at radius 1 is 0.720 bits per heavy atom. The molecule has 25 heavy (non-hydrogen) atoms. The van der Waals surface area contributed by atoms with Crippen LogP contribution in [0, 0.1) is 0 Å². The molecule has 0 aromatic heterocycles. The Bertz CT molecular complexity index is 854. The van der Waals surface area contributed by atoms with E-state index in [0.29, 0.717) is 0 Å². The van der Waals surface area contributed by atoms with Crippen molar-refractivity contribution in [3.63, 3.8) is 0 Å². The fourth-order valence-electron chi connectivity index (χ4n) is 3.39. The average molecular weight is 326 g/mol. The first-order valence-electron chi connectivity index (χ1n) is 8.92. The van der Waals surface area contributed by atoms with Gasteiger partial charge in [0.25, 0.3) is 0 Å². The van der Waals surface area contributed by atoms with Crippen molar-refractivity contribution in [3.8, 4) is 0 Å². The predicted molar refractivity (Wildman–Crippen MR) is 105 cm³/mol. The molecule has 0 aliphatic heterocycles. The normalized spacial score (nSPS) is 15.0. The van der Waals surface area contributed by atoms with Crippen LogP contribution in [-0.2, 0) is 13.0 Å². The largest absolute Gasteiger partial charge is 0.261 e. The molecule has 0 atom stereocenters. The minimum absolute atomic E-state index is 0.774. The summed E-state index contributed by atoms with van der Waals surface area (Å²) in [5, 5.41) is 7.22. The molecule has 0 N–H and O–H groups in total. The molecule has 0 bridgehead atoms. The van der Waals surface area contributed by atoms with E-state index in [1.807, 2.05) is 6.07 Å². The number of hydrazone groups is 1. The number of rotatable bonds is 4. The highest BCUT2D eigenvalue weighted by Crippen LogP contribution is 2.24. The van der Waals surface area contributed by atoms with Gasteiger partial charge in [-0.25, -0.2) is 0 Å². The summed E-state index contributed by atoms with van der Waals surface area (Å²) in [5.41, 5.74) is 6.31. The zero-order valence-corrected chi connectivity index (χ0v) is 14.3. The van der Waals surface area contributed by atoms with Crippen LogP contribution in [0.25, 0.3) is 0 Å². The molecule has 1 aliphatic carbocycles. The van der Waals surface area contributed by atoms with Crippen LogP contribution in [0.1, 0.15) is 29.5 Å². The third kappa shape index (κ3) is 3.63. The topological polar surface area (TPSA) is 15.6 Å². The molecular weight excluding hydrogens is 304 g/mol. The second kappa shape index (κ2) is 7.35. The van der Waals surface area contributed by atoms with Crippen molar-refractivity contribution in [1.29, 1.82) is 0 Å². The SMILES string of the molecule is c1ccc(CN(N=C2CCCc3ccccc32)c2ccccc2)cc1. The molecule has 0 saturated heterocycles. The lowest BCUT2D eigenvalue weighted by molar-refractivity contribution is 0.806. The smallest absolute Gasteiger partial charge is 0.0684 e. The van der Waals surface area contributed by atoms with E-state index in [0.717, 1.165) is 25.1 Å². The van der Waals surface area contributed by atoms with Crippen LogP contribution in [0.4, 0.5) is 5.69 Å². The van der Waals surface area contributed by atoms with Crippen molar-refractivity contribution in [2.75, 3.05) is 5.01 Å². The Hall–Kier alpha value is -2.87. The second-order valence-electron chi connectivity index (χ2n) is 6.44. The lowest BCUT2D eigenvalue weighted by atomic mass is 9.90. The van der Waals surface area contributed by atoms with E-state index in [2.05, 4.69) is 83.9 Å². The molecule has 3 aromatic carbocycles. The maximum absolute atomic E-state index is 5.09. The van der Waals surface area contributed by atoms with Gasteiger partial charge in [-0.1, -0.05) is 72.8 Å². The summed E-state index contributed by atoms with van der Waals surface area (Å²) in [6.45, 7) is 0.774. The quantitative estimate of drug-likeness (QED) is 0.583. The summed E-state index contributed by atoms with van der Waals surface area (Å²) in [6.07, 6.45) is 3.36. The van der Waals surface area contributed by atoms with E-state index >= 15 is 0 Å². The van der Waals surface area contributed by atoms with E-state index in [9.17, 15) is 0 Å². The number of anilines is 1. The van der Waals surface area contributed by atoms with Crippen molar-refractivity contribution >= 4 is 11.4 Å². The van der Waals surface area contributed by atoms with Crippen molar-refractivity contribution in [3.05, 3.63) is 102 Å². The van der Waals surface area contributed by atoms with Crippen molar-refractivity contribution in [2.45, 2.75) is 25.8 Å². The number of hydrogen-bond acceptors (Lipinski definition) is 2. The molecule has 1 aliphatic rings. The van der Waals surface area contributed by atoms with E-state index < -0.39 is 0 Å². The first kappa shape index (κ1) is 15.6. The van der Waals surface area contributed by atoms with E-state index in [1.54, 1.807) is 0 Å². The van der Waals surface area contributed by atoms with Gasteiger partial charge < -0.3 is 0 Å². The molecule has 3 aromatic rings.